The summed E-state index contributed by atoms with van der Waals surface area (Å²) in [5.74, 6) is 0.986. The minimum Gasteiger partial charge on any atom is -0.350 e. The van der Waals surface area contributed by atoms with Gasteiger partial charge in [-0.2, -0.15) is 0 Å². The third-order valence-electron chi connectivity index (χ3n) is 1.64. The molecular weight excluding hydrogens is 172 g/mol. The highest BCUT2D eigenvalue weighted by atomic mass is 15.0. The number of rotatable bonds is 3. The standard InChI is InChI=1S/C12H22N2/c1-6-8-10-14-11(12(3,4)5)13-9-7-2/h7-10H,6H2,1-5H3,(H,13,14)/b9-7-,10-8-. The number of amidine groups is 1. The summed E-state index contributed by atoms with van der Waals surface area (Å²) in [5.41, 5.74) is 0.0532. The van der Waals surface area contributed by atoms with E-state index in [0.29, 0.717) is 0 Å². The van der Waals surface area contributed by atoms with Gasteiger partial charge in [0.25, 0.3) is 0 Å². The first-order chi connectivity index (χ1) is 6.52. The van der Waals surface area contributed by atoms with E-state index in [2.05, 4.69) is 38.0 Å². The summed E-state index contributed by atoms with van der Waals surface area (Å²) in [4.78, 5) is 4.40. The van der Waals surface area contributed by atoms with Gasteiger partial charge in [0.2, 0.25) is 0 Å². The molecule has 0 aliphatic heterocycles. The van der Waals surface area contributed by atoms with Crippen LogP contribution in [0.1, 0.15) is 41.0 Å². The Balaban J connectivity index is 4.55. The quantitative estimate of drug-likeness (QED) is 0.540. The smallest absolute Gasteiger partial charge is 0.111 e. The Bertz CT molecular complexity index is 229. The molecule has 1 N–H and O–H groups in total. The van der Waals surface area contributed by atoms with Crippen molar-refractivity contribution in [2.24, 2.45) is 10.4 Å². The molecule has 0 heterocycles. The minimum atomic E-state index is 0.0532. The molecular formula is C12H22N2. The zero-order valence-corrected chi connectivity index (χ0v) is 9.96. The first-order valence-electron chi connectivity index (χ1n) is 5.13. The van der Waals surface area contributed by atoms with Crippen LogP contribution in [0.25, 0.3) is 0 Å². The Labute approximate surface area is 87.8 Å². The van der Waals surface area contributed by atoms with Gasteiger partial charge < -0.3 is 5.32 Å². The van der Waals surface area contributed by atoms with Crippen LogP contribution >= 0.6 is 0 Å². The molecule has 0 aromatic rings. The molecule has 80 valence electrons. The van der Waals surface area contributed by atoms with Crippen LogP contribution in [0.3, 0.4) is 0 Å². The second-order valence-electron chi connectivity index (χ2n) is 4.17. The van der Waals surface area contributed by atoms with Crippen molar-refractivity contribution in [2.45, 2.75) is 41.0 Å². The molecule has 0 spiro atoms. The van der Waals surface area contributed by atoms with Gasteiger partial charge in [-0.15, -0.1) is 0 Å². The van der Waals surface area contributed by atoms with Crippen LogP contribution < -0.4 is 5.32 Å². The fourth-order valence-electron chi connectivity index (χ4n) is 0.842. The first-order valence-corrected chi connectivity index (χ1v) is 5.13. The molecule has 0 radical (unpaired) electrons. The van der Waals surface area contributed by atoms with E-state index in [1.165, 1.54) is 0 Å². The molecule has 0 aromatic heterocycles. The van der Waals surface area contributed by atoms with E-state index in [9.17, 15) is 0 Å². The second kappa shape index (κ2) is 6.41. The predicted molar refractivity (Wildman–Crippen MR) is 64.3 cm³/mol. The van der Waals surface area contributed by atoms with Crippen molar-refractivity contribution in [1.29, 1.82) is 0 Å². The molecule has 0 rings (SSSR count). The molecule has 0 atom stereocenters. The average molecular weight is 194 g/mol. The monoisotopic (exact) mass is 194 g/mol. The van der Waals surface area contributed by atoms with Crippen LogP contribution in [0, 0.1) is 5.41 Å². The van der Waals surface area contributed by atoms with Crippen LogP contribution in [0.2, 0.25) is 0 Å². The van der Waals surface area contributed by atoms with E-state index < -0.39 is 0 Å². The van der Waals surface area contributed by atoms with Gasteiger partial charge in [0, 0.05) is 11.6 Å². The maximum Gasteiger partial charge on any atom is 0.111 e. The minimum absolute atomic E-state index is 0.0532. The Kier molecular flexibility index (Phi) is 5.93. The van der Waals surface area contributed by atoms with E-state index >= 15 is 0 Å². The van der Waals surface area contributed by atoms with Crippen LogP contribution in [0.4, 0.5) is 0 Å². The second-order valence-corrected chi connectivity index (χ2v) is 4.17. The average Bonchev–Trinajstić information content (AvgIpc) is 2.09. The fraction of sp³-hybridized carbons (Fsp3) is 0.583. The number of allylic oxidation sites excluding steroid dienone is 2. The number of hydrogen-bond acceptors (Lipinski definition) is 1. The summed E-state index contributed by atoms with van der Waals surface area (Å²) in [6, 6.07) is 0. The molecule has 0 saturated carbocycles. The lowest BCUT2D eigenvalue weighted by molar-refractivity contribution is 0.575. The van der Waals surface area contributed by atoms with Gasteiger partial charge in [-0.05, 0) is 19.5 Å². The fourth-order valence-corrected chi connectivity index (χ4v) is 0.842. The molecule has 0 saturated heterocycles. The van der Waals surface area contributed by atoms with Gasteiger partial charge >= 0.3 is 0 Å². The highest BCUT2D eigenvalue weighted by Crippen LogP contribution is 2.14. The third-order valence-corrected chi connectivity index (χ3v) is 1.64. The Morgan fingerprint density at radius 3 is 2.43 bits per heavy atom. The highest BCUT2D eigenvalue weighted by molar-refractivity contribution is 5.88. The van der Waals surface area contributed by atoms with Crippen molar-refractivity contribution in [1.82, 2.24) is 5.32 Å². The summed E-state index contributed by atoms with van der Waals surface area (Å²) in [5, 5.41) is 3.19. The van der Waals surface area contributed by atoms with Crippen LogP contribution in [0.5, 0.6) is 0 Å². The lowest BCUT2D eigenvalue weighted by atomic mass is 9.95. The molecule has 0 aromatic carbocycles. The largest absolute Gasteiger partial charge is 0.350 e. The maximum absolute atomic E-state index is 4.40. The van der Waals surface area contributed by atoms with Gasteiger partial charge in [0.15, 0.2) is 0 Å². The van der Waals surface area contributed by atoms with Crippen molar-refractivity contribution in [2.75, 3.05) is 0 Å². The Morgan fingerprint density at radius 2 is 2.00 bits per heavy atom. The molecule has 2 heteroatoms. The van der Waals surface area contributed by atoms with E-state index in [4.69, 9.17) is 0 Å². The van der Waals surface area contributed by atoms with Crippen molar-refractivity contribution >= 4 is 5.84 Å². The molecule has 14 heavy (non-hydrogen) atoms. The zero-order chi connectivity index (χ0) is 11.0. The van der Waals surface area contributed by atoms with Crippen molar-refractivity contribution in [3.63, 3.8) is 0 Å². The van der Waals surface area contributed by atoms with Gasteiger partial charge in [0.05, 0.1) is 0 Å². The van der Waals surface area contributed by atoms with E-state index in [1.54, 1.807) is 0 Å². The van der Waals surface area contributed by atoms with Crippen LogP contribution in [-0.2, 0) is 0 Å². The molecule has 2 nitrogen and oxygen atoms in total. The Hall–Kier alpha value is -1.05. The molecule has 0 fully saturated rings. The van der Waals surface area contributed by atoms with E-state index in [1.807, 2.05) is 31.5 Å². The SMILES string of the molecule is C/C=C\N/C(=N\C=C/CC)C(C)(C)C. The van der Waals surface area contributed by atoms with Gasteiger partial charge in [-0.3, -0.25) is 0 Å². The molecule has 0 amide bonds. The number of aliphatic imine (C=N–C) groups is 1. The molecule has 0 unspecified atom stereocenters. The topological polar surface area (TPSA) is 24.4 Å². The highest BCUT2D eigenvalue weighted by Gasteiger charge is 2.16. The summed E-state index contributed by atoms with van der Waals surface area (Å²) in [6.07, 6.45) is 8.79. The maximum atomic E-state index is 4.40. The van der Waals surface area contributed by atoms with Gasteiger partial charge in [-0.1, -0.05) is 39.8 Å². The van der Waals surface area contributed by atoms with Crippen LogP contribution in [-0.4, -0.2) is 5.84 Å². The van der Waals surface area contributed by atoms with Gasteiger partial charge in [0.1, 0.15) is 5.84 Å². The van der Waals surface area contributed by atoms with Crippen LogP contribution in [0.15, 0.2) is 29.5 Å². The van der Waals surface area contributed by atoms with E-state index in [-0.39, 0.29) is 5.41 Å². The third kappa shape index (κ3) is 5.57. The number of nitrogens with zero attached hydrogens (tertiary/aromatic N) is 1. The van der Waals surface area contributed by atoms with Crippen molar-refractivity contribution in [3.8, 4) is 0 Å². The van der Waals surface area contributed by atoms with E-state index in [0.717, 1.165) is 12.3 Å². The molecule has 0 bridgehead atoms. The summed E-state index contributed by atoms with van der Waals surface area (Å²) >= 11 is 0. The summed E-state index contributed by atoms with van der Waals surface area (Å²) in [6.45, 7) is 10.5. The zero-order valence-electron chi connectivity index (χ0n) is 9.96. The lowest BCUT2D eigenvalue weighted by Gasteiger charge is -2.20. The van der Waals surface area contributed by atoms with Gasteiger partial charge in [-0.25, -0.2) is 4.99 Å². The molecule has 0 aliphatic rings. The van der Waals surface area contributed by atoms with Crippen molar-refractivity contribution < 1.29 is 0 Å². The normalized spacial score (nSPS) is 14.2. The predicted octanol–water partition coefficient (Wildman–Crippen LogP) is 3.48. The summed E-state index contributed by atoms with van der Waals surface area (Å²) < 4.78 is 0. The number of hydrogen-bond donors (Lipinski definition) is 1. The lowest BCUT2D eigenvalue weighted by Crippen LogP contribution is -2.31. The molecule has 0 aliphatic carbocycles. The number of nitrogens with one attached hydrogen (secondary N) is 1. The Morgan fingerprint density at radius 1 is 1.36 bits per heavy atom. The first kappa shape index (κ1) is 12.9. The van der Waals surface area contributed by atoms with Crippen molar-refractivity contribution in [3.05, 3.63) is 24.6 Å². The summed E-state index contributed by atoms with van der Waals surface area (Å²) in [7, 11) is 0.